The molecule has 0 atom stereocenters. The molecule has 33 heavy (non-hydrogen) atoms. The van der Waals surface area contributed by atoms with Crippen LogP contribution in [0.5, 0.6) is 5.75 Å². The molecule has 0 aliphatic rings. The van der Waals surface area contributed by atoms with E-state index >= 15 is 0 Å². The summed E-state index contributed by atoms with van der Waals surface area (Å²) in [7, 11) is 1.57. The smallest absolute Gasteiger partial charge is 0.339 e. The summed E-state index contributed by atoms with van der Waals surface area (Å²) in [5.74, 6) is -0.0133. The number of hydrogen-bond acceptors (Lipinski definition) is 4. The van der Waals surface area contributed by atoms with Crippen LogP contribution in [0.1, 0.15) is 37.9 Å². The molecule has 4 aromatic rings. The average Bonchev–Trinajstić information content (AvgIpc) is 2.88. The molecule has 0 aliphatic carbocycles. The molecule has 0 aliphatic heterocycles. The number of hydrogen-bond donors (Lipinski definition) is 1. The third kappa shape index (κ3) is 5.46. The summed E-state index contributed by atoms with van der Waals surface area (Å²) in [5, 5.41) is 2.82. The number of carbonyl (C=O) groups is 2. The van der Waals surface area contributed by atoms with Crippen molar-refractivity contribution >= 4 is 17.6 Å². The molecular formula is C28H23NO4. The minimum absolute atomic E-state index is 0.249. The van der Waals surface area contributed by atoms with Crippen LogP contribution >= 0.6 is 0 Å². The maximum Gasteiger partial charge on any atom is 0.339 e. The summed E-state index contributed by atoms with van der Waals surface area (Å²) in [4.78, 5) is 25.3. The first kappa shape index (κ1) is 21.8. The number of amides is 1. The van der Waals surface area contributed by atoms with E-state index in [2.05, 4.69) is 5.32 Å². The van der Waals surface area contributed by atoms with Gasteiger partial charge in [-0.25, -0.2) is 4.79 Å². The van der Waals surface area contributed by atoms with E-state index in [1.807, 2.05) is 60.7 Å². The molecule has 0 saturated heterocycles. The molecule has 1 N–H and O–H groups in total. The van der Waals surface area contributed by atoms with Gasteiger partial charge in [0.2, 0.25) is 0 Å². The van der Waals surface area contributed by atoms with Gasteiger partial charge in [-0.3, -0.25) is 4.79 Å². The molecule has 164 valence electrons. The lowest BCUT2D eigenvalue weighted by Gasteiger charge is -2.19. The lowest BCUT2D eigenvalue weighted by Crippen LogP contribution is -2.14. The highest BCUT2D eigenvalue weighted by Gasteiger charge is 2.20. The molecule has 0 unspecified atom stereocenters. The van der Waals surface area contributed by atoms with Gasteiger partial charge in [-0.15, -0.1) is 0 Å². The fourth-order valence-electron chi connectivity index (χ4n) is 3.39. The van der Waals surface area contributed by atoms with Gasteiger partial charge in [-0.1, -0.05) is 60.7 Å². The van der Waals surface area contributed by atoms with Crippen molar-refractivity contribution in [3.05, 3.63) is 131 Å². The van der Waals surface area contributed by atoms with Crippen LogP contribution in [0.25, 0.3) is 0 Å². The molecule has 0 aromatic heterocycles. The van der Waals surface area contributed by atoms with E-state index in [9.17, 15) is 9.59 Å². The van der Waals surface area contributed by atoms with Gasteiger partial charge in [-0.05, 0) is 59.7 Å². The van der Waals surface area contributed by atoms with Crippen molar-refractivity contribution in [1.29, 1.82) is 0 Å². The van der Waals surface area contributed by atoms with Crippen LogP contribution in [0, 0.1) is 0 Å². The van der Waals surface area contributed by atoms with Crippen molar-refractivity contribution in [2.75, 3.05) is 12.4 Å². The number of esters is 1. The van der Waals surface area contributed by atoms with Crippen molar-refractivity contribution in [1.82, 2.24) is 0 Å². The maximum absolute atomic E-state index is 12.9. The highest BCUT2D eigenvalue weighted by Crippen LogP contribution is 2.27. The maximum atomic E-state index is 12.9. The van der Waals surface area contributed by atoms with Gasteiger partial charge in [-0.2, -0.15) is 0 Å². The second-order valence-corrected chi connectivity index (χ2v) is 7.37. The van der Waals surface area contributed by atoms with E-state index in [-0.39, 0.29) is 5.91 Å². The molecule has 1 amide bonds. The van der Waals surface area contributed by atoms with E-state index < -0.39 is 12.1 Å². The standard InChI is InChI=1S/C28H23NO4/c1-32-25-18-14-22(15-19-25)27(30)29-24-16-12-23(13-17-24)28(31)33-26(20-8-4-2-5-9-20)21-10-6-3-7-11-21/h2-19,26H,1H3,(H,29,30). The van der Waals surface area contributed by atoms with E-state index in [1.165, 1.54) is 0 Å². The first-order chi connectivity index (χ1) is 16.1. The van der Waals surface area contributed by atoms with E-state index in [4.69, 9.17) is 9.47 Å². The zero-order valence-electron chi connectivity index (χ0n) is 18.1. The molecular weight excluding hydrogens is 414 g/mol. The summed E-state index contributed by atoms with van der Waals surface area (Å²) in [6.45, 7) is 0. The number of methoxy groups -OCH3 is 1. The lowest BCUT2D eigenvalue weighted by atomic mass is 10.0. The molecule has 5 heteroatoms. The van der Waals surface area contributed by atoms with Gasteiger partial charge in [0.1, 0.15) is 5.75 Å². The van der Waals surface area contributed by atoms with Crippen LogP contribution in [0.3, 0.4) is 0 Å². The topological polar surface area (TPSA) is 64.6 Å². The lowest BCUT2D eigenvalue weighted by molar-refractivity contribution is 0.0378. The van der Waals surface area contributed by atoms with Gasteiger partial charge < -0.3 is 14.8 Å². The van der Waals surface area contributed by atoms with E-state index in [0.29, 0.717) is 22.6 Å². The number of anilines is 1. The second-order valence-electron chi connectivity index (χ2n) is 7.37. The van der Waals surface area contributed by atoms with E-state index in [1.54, 1.807) is 55.6 Å². The molecule has 0 heterocycles. The molecule has 4 rings (SSSR count). The number of nitrogens with one attached hydrogen (secondary N) is 1. The summed E-state index contributed by atoms with van der Waals surface area (Å²) in [6, 6.07) is 32.7. The first-order valence-corrected chi connectivity index (χ1v) is 10.5. The summed E-state index contributed by atoms with van der Waals surface area (Å²) >= 11 is 0. The Kier molecular flexibility index (Phi) is 6.81. The van der Waals surface area contributed by atoms with Gasteiger partial charge in [0.25, 0.3) is 5.91 Å². The van der Waals surface area contributed by atoms with Gasteiger partial charge >= 0.3 is 5.97 Å². The molecule has 0 fully saturated rings. The van der Waals surface area contributed by atoms with Gasteiger partial charge in [0, 0.05) is 11.3 Å². The van der Waals surface area contributed by atoms with Crippen molar-refractivity contribution in [2.24, 2.45) is 0 Å². The number of rotatable bonds is 7. The van der Waals surface area contributed by atoms with Gasteiger partial charge in [0.05, 0.1) is 12.7 Å². The molecule has 0 spiro atoms. The third-order valence-electron chi connectivity index (χ3n) is 5.16. The van der Waals surface area contributed by atoms with Crippen LogP contribution in [0.4, 0.5) is 5.69 Å². The highest BCUT2D eigenvalue weighted by atomic mass is 16.5. The number of carbonyl (C=O) groups excluding carboxylic acids is 2. The summed E-state index contributed by atoms with van der Waals surface area (Å²) in [6.07, 6.45) is -0.519. The summed E-state index contributed by atoms with van der Waals surface area (Å²) < 4.78 is 11.0. The van der Waals surface area contributed by atoms with Crippen molar-refractivity contribution in [3.63, 3.8) is 0 Å². The Morgan fingerprint density at radius 3 is 1.70 bits per heavy atom. The van der Waals surface area contributed by atoms with E-state index in [0.717, 1.165) is 11.1 Å². The number of ether oxygens (including phenoxy) is 2. The Morgan fingerprint density at radius 2 is 1.18 bits per heavy atom. The first-order valence-electron chi connectivity index (χ1n) is 10.5. The second kappa shape index (κ2) is 10.3. The van der Waals surface area contributed by atoms with Gasteiger partial charge in [0.15, 0.2) is 6.10 Å². The fourth-order valence-corrected chi connectivity index (χ4v) is 3.39. The highest BCUT2D eigenvalue weighted by molar-refractivity contribution is 6.04. The normalized spacial score (nSPS) is 10.5. The van der Waals surface area contributed by atoms with Crippen LogP contribution in [0.15, 0.2) is 109 Å². The van der Waals surface area contributed by atoms with Crippen LogP contribution in [0.2, 0.25) is 0 Å². The Bertz CT molecular complexity index is 1170. The van der Waals surface area contributed by atoms with Crippen LogP contribution in [-0.4, -0.2) is 19.0 Å². The molecule has 5 nitrogen and oxygen atoms in total. The predicted molar refractivity (Wildman–Crippen MR) is 128 cm³/mol. The third-order valence-corrected chi connectivity index (χ3v) is 5.16. The minimum atomic E-state index is -0.519. The minimum Gasteiger partial charge on any atom is -0.497 e. The molecule has 0 radical (unpaired) electrons. The van der Waals surface area contributed by atoms with Crippen molar-refractivity contribution in [3.8, 4) is 5.75 Å². The number of benzene rings is 4. The predicted octanol–water partition coefficient (Wildman–Crippen LogP) is 5.89. The average molecular weight is 437 g/mol. The SMILES string of the molecule is COc1ccc(C(=O)Nc2ccc(C(=O)OC(c3ccccc3)c3ccccc3)cc2)cc1. The largest absolute Gasteiger partial charge is 0.497 e. The van der Waals surface area contributed by atoms with Crippen molar-refractivity contribution < 1.29 is 19.1 Å². The molecule has 4 aromatic carbocycles. The Balaban J connectivity index is 1.46. The fraction of sp³-hybridized carbons (Fsp3) is 0.0714. The van der Waals surface area contributed by atoms with Crippen LogP contribution < -0.4 is 10.1 Å². The Labute approximate surface area is 192 Å². The summed E-state index contributed by atoms with van der Waals surface area (Å²) in [5.41, 5.74) is 3.26. The molecule has 0 saturated carbocycles. The van der Waals surface area contributed by atoms with Crippen molar-refractivity contribution in [2.45, 2.75) is 6.10 Å². The Hall–Kier alpha value is -4.38. The molecule has 0 bridgehead atoms. The monoisotopic (exact) mass is 437 g/mol. The quantitative estimate of drug-likeness (QED) is 0.366. The zero-order chi connectivity index (χ0) is 23.0. The van der Waals surface area contributed by atoms with Crippen LogP contribution in [-0.2, 0) is 4.74 Å². The Morgan fingerprint density at radius 1 is 0.667 bits per heavy atom. The zero-order valence-corrected chi connectivity index (χ0v) is 18.1.